The quantitative estimate of drug-likeness (QED) is 0.259. The van der Waals surface area contributed by atoms with E-state index in [4.69, 9.17) is 15.5 Å². The van der Waals surface area contributed by atoms with Crippen molar-refractivity contribution in [1.82, 2.24) is 24.6 Å². The standard InChI is InChI=1S/C22H31N7O4/c1-4-6-16-18-19(28(3)27-16)21(32)26-20(25-18)15-13-14(7-8-17(15)33-5-2)24-22(23)29(9-11-30)10-12-31/h7-8,13,30-31H,4-6,9-12H2,1-3H3,(H2,23,24)(H,25,26,32). The molecule has 33 heavy (non-hydrogen) atoms. The summed E-state index contributed by atoms with van der Waals surface area (Å²) in [6, 6.07) is 5.21. The largest absolute Gasteiger partial charge is 0.493 e. The Morgan fingerprint density at radius 2 is 2.00 bits per heavy atom. The van der Waals surface area contributed by atoms with Crippen molar-refractivity contribution in [2.45, 2.75) is 26.7 Å². The van der Waals surface area contributed by atoms with Gasteiger partial charge in [-0.25, -0.2) is 9.98 Å². The fourth-order valence-electron chi connectivity index (χ4n) is 3.62. The number of ether oxygens (including phenoxy) is 1. The van der Waals surface area contributed by atoms with E-state index in [0.29, 0.717) is 46.9 Å². The molecule has 3 rings (SSSR count). The van der Waals surface area contributed by atoms with Gasteiger partial charge in [-0.2, -0.15) is 5.10 Å². The second kappa shape index (κ2) is 10.9. The van der Waals surface area contributed by atoms with Gasteiger partial charge in [-0.15, -0.1) is 0 Å². The van der Waals surface area contributed by atoms with Gasteiger partial charge < -0.3 is 30.6 Å². The summed E-state index contributed by atoms with van der Waals surface area (Å²) >= 11 is 0. The first-order valence-corrected chi connectivity index (χ1v) is 11.0. The van der Waals surface area contributed by atoms with E-state index < -0.39 is 0 Å². The number of aliphatic hydroxyl groups is 2. The molecule has 0 atom stereocenters. The molecule has 0 amide bonds. The zero-order valence-electron chi connectivity index (χ0n) is 19.2. The van der Waals surface area contributed by atoms with E-state index in [1.54, 1.807) is 34.8 Å². The number of hydrogen-bond donors (Lipinski definition) is 4. The summed E-state index contributed by atoms with van der Waals surface area (Å²) in [5.41, 5.74) is 8.63. The number of hydrogen-bond acceptors (Lipinski definition) is 7. The van der Waals surface area contributed by atoms with Crippen LogP contribution in [0.5, 0.6) is 5.75 Å². The minimum absolute atomic E-state index is 0.124. The van der Waals surface area contributed by atoms with Gasteiger partial charge in [0.25, 0.3) is 5.56 Å². The predicted octanol–water partition coefficient (Wildman–Crippen LogP) is 0.908. The Kier molecular flexibility index (Phi) is 8.01. The molecule has 0 unspecified atom stereocenters. The van der Waals surface area contributed by atoms with Crippen LogP contribution in [-0.2, 0) is 13.5 Å². The van der Waals surface area contributed by atoms with Crippen LogP contribution in [0.25, 0.3) is 22.4 Å². The van der Waals surface area contributed by atoms with Crippen LogP contribution in [0.4, 0.5) is 5.69 Å². The van der Waals surface area contributed by atoms with Gasteiger partial charge in [0.2, 0.25) is 0 Å². The molecular weight excluding hydrogens is 426 g/mol. The van der Waals surface area contributed by atoms with E-state index in [0.717, 1.165) is 12.1 Å². The number of nitrogens with two attached hydrogens (primary N) is 1. The summed E-state index contributed by atoms with van der Waals surface area (Å²) in [5.74, 6) is 1.04. The molecule has 11 nitrogen and oxygen atoms in total. The normalized spacial score (nSPS) is 11.8. The van der Waals surface area contributed by atoms with Gasteiger partial charge in [0.1, 0.15) is 17.1 Å². The molecule has 0 bridgehead atoms. The third-order valence-electron chi connectivity index (χ3n) is 5.07. The smallest absolute Gasteiger partial charge is 0.277 e. The first kappa shape index (κ1) is 24.2. The van der Waals surface area contributed by atoms with E-state index in [9.17, 15) is 15.0 Å². The first-order valence-electron chi connectivity index (χ1n) is 11.0. The fourth-order valence-corrected chi connectivity index (χ4v) is 3.62. The molecule has 0 saturated heterocycles. The van der Waals surface area contributed by atoms with Crippen molar-refractivity contribution >= 4 is 22.7 Å². The summed E-state index contributed by atoms with van der Waals surface area (Å²) in [6.07, 6.45) is 1.58. The number of aliphatic hydroxyl groups excluding tert-OH is 2. The molecule has 178 valence electrons. The lowest BCUT2D eigenvalue weighted by Gasteiger charge is -2.21. The Morgan fingerprint density at radius 1 is 1.27 bits per heavy atom. The minimum atomic E-state index is -0.291. The Balaban J connectivity index is 2.13. The summed E-state index contributed by atoms with van der Waals surface area (Å²) in [6.45, 7) is 4.58. The number of fused-ring (bicyclic) bond motifs is 1. The minimum Gasteiger partial charge on any atom is -0.493 e. The van der Waals surface area contributed by atoms with Crippen molar-refractivity contribution in [3.05, 3.63) is 34.2 Å². The van der Waals surface area contributed by atoms with Gasteiger partial charge in [-0.05, 0) is 31.5 Å². The molecular formula is C22H31N7O4. The summed E-state index contributed by atoms with van der Waals surface area (Å²) in [4.78, 5) is 26.5. The summed E-state index contributed by atoms with van der Waals surface area (Å²) < 4.78 is 7.33. The average molecular weight is 458 g/mol. The second-order valence-corrected chi connectivity index (χ2v) is 7.45. The van der Waals surface area contributed by atoms with Crippen LogP contribution >= 0.6 is 0 Å². The number of aromatic nitrogens is 4. The lowest BCUT2D eigenvalue weighted by Crippen LogP contribution is -2.40. The Bertz CT molecular complexity index is 1180. The lowest BCUT2D eigenvalue weighted by atomic mass is 10.1. The van der Waals surface area contributed by atoms with E-state index in [-0.39, 0.29) is 37.8 Å². The maximum absolute atomic E-state index is 12.9. The highest BCUT2D eigenvalue weighted by Crippen LogP contribution is 2.32. The van der Waals surface area contributed by atoms with Gasteiger partial charge in [0.05, 0.1) is 36.8 Å². The number of rotatable bonds is 10. The Hall–Kier alpha value is -3.44. The van der Waals surface area contributed by atoms with Gasteiger partial charge in [-0.1, -0.05) is 13.3 Å². The zero-order chi connectivity index (χ0) is 24.0. The van der Waals surface area contributed by atoms with Crippen molar-refractivity contribution in [3.63, 3.8) is 0 Å². The lowest BCUT2D eigenvalue weighted by molar-refractivity contribution is 0.211. The second-order valence-electron chi connectivity index (χ2n) is 7.45. The number of nitrogens with one attached hydrogen (secondary N) is 1. The van der Waals surface area contributed by atoms with Gasteiger partial charge in [0, 0.05) is 20.1 Å². The maximum Gasteiger partial charge on any atom is 0.277 e. The molecule has 2 heterocycles. The van der Waals surface area contributed by atoms with Crippen LogP contribution in [0.2, 0.25) is 0 Å². The highest BCUT2D eigenvalue weighted by Gasteiger charge is 2.18. The van der Waals surface area contributed by atoms with E-state index in [2.05, 4.69) is 15.1 Å². The molecule has 0 radical (unpaired) electrons. The van der Waals surface area contributed by atoms with E-state index >= 15 is 0 Å². The molecule has 0 aliphatic carbocycles. The molecule has 0 aliphatic rings. The molecule has 1 aromatic carbocycles. The number of aryl methyl sites for hydroxylation is 2. The molecule has 0 aliphatic heterocycles. The van der Waals surface area contributed by atoms with Gasteiger partial charge in [0.15, 0.2) is 11.5 Å². The van der Waals surface area contributed by atoms with Crippen LogP contribution in [0.15, 0.2) is 28.0 Å². The molecule has 3 aromatic rings. The topological polar surface area (TPSA) is 155 Å². The van der Waals surface area contributed by atoms with Crippen molar-refractivity contribution < 1.29 is 14.9 Å². The molecule has 5 N–H and O–H groups in total. The van der Waals surface area contributed by atoms with Crippen LogP contribution in [0.3, 0.4) is 0 Å². The number of H-pyrrole nitrogens is 1. The monoisotopic (exact) mass is 457 g/mol. The Morgan fingerprint density at radius 3 is 2.64 bits per heavy atom. The molecule has 2 aromatic heterocycles. The fraction of sp³-hybridized carbons (Fsp3) is 0.455. The van der Waals surface area contributed by atoms with E-state index in [1.807, 2.05) is 13.8 Å². The SMILES string of the molecule is CCCc1nn(C)c2c(=O)[nH]c(-c3cc(N=C(N)N(CCO)CCO)ccc3OCC)nc12. The maximum atomic E-state index is 12.9. The first-order chi connectivity index (χ1) is 15.9. The van der Waals surface area contributed by atoms with Crippen molar-refractivity contribution in [3.8, 4) is 17.1 Å². The predicted molar refractivity (Wildman–Crippen MR) is 127 cm³/mol. The number of guanidine groups is 1. The Labute approximate surface area is 191 Å². The van der Waals surface area contributed by atoms with Crippen LogP contribution in [0, 0.1) is 0 Å². The third-order valence-corrected chi connectivity index (χ3v) is 5.07. The highest BCUT2D eigenvalue weighted by atomic mass is 16.5. The highest BCUT2D eigenvalue weighted by molar-refractivity contribution is 5.83. The van der Waals surface area contributed by atoms with E-state index in [1.165, 1.54) is 0 Å². The molecule has 0 fully saturated rings. The van der Waals surface area contributed by atoms with Crippen molar-refractivity contribution in [1.29, 1.82) is 0 Å². The molecule has 0 saturated carbocycles. The van der Waals surface area contributed by atoms with Crippen LogP contribution in [-0.4, -0.2) is 73.7 Å². The number of aromatic amines is 1. The van der Waals surface area contributed by atoms with Gasteiger partial charge >= 0.3 is 0 Å². The van der Waals surface area contributed by atoms with Gasteiger partial charge in [-0.3, -0.25) is 9.48 Å². The van der Waals surface area contributed by atoms with Crippen molar-refractivity contribution in [2.24, 2.45) is 17.8 Å². The molecule has 0 spiro atoms. The number of aliphatic imine (C=N–C) groups is 1. The number of benzene rings is 1. The summed E-state index contributed by atoms with van der Waals surface area (Å²) in [5, 5.41) is 22.9. The zero-order valence-corrected chi connectivity index (χ0v) is 19.2. The third kappa shape index (κ3) is 5.32. The van der Waals surface area contributed by atoms with Crippen LogP contribution in [0.1, 0.15) is 26.0 Å². The van der Waals surface area contributed by atoms with Crippen LogP contribution < -0.4 is 16.0 Å². The summed E-state index contributed by atoms with van der Waals surface area (Å²) in [7, 11) is 1.73. The number of nitrogens with zero attached hydrogens (tertiary/aromatic N) is 5. The molecule has 11 heteroatoms. The average Bonchev–Trinajstić information content (AvgIpc) is 3.10. The van der Waals surface area contributed by atoms with Crippen molar-refractivity contribution in [2.75, 3.05) is 32.9 Å².